The summed E-state index contributed by atoms with van der Waals surface area (Å²) in [6.45, 7) is 4.10. The molecule has 0 aromatic rings. The minimum Gasteiger partial charge on any atom is -0.155 e. The third-order valence-corrected chi connectivity index (χ3v) is 2.12. The van der Waals surface area contributed by atoms with E-state index in [1.165, 1.54) is 18.4 Å². The summed E-state index contributed by atoms with van der Waals surface area (Å²) in [7, 11) is 0. The van der Waals surface area contributed by atoms with Gasteiger partial charge < -0.3 is 0 Å². The van der Waals surface area contributed by atoms with Gasteiger partial charge in [0.2, 0.25) is 0 Å². The topological polar surface area (TPSA) is 26.5 Å². The lowest BCUT2D eigenvalue weighted by molar-refractivity contribution is 0.878. The van der Waals surface area contributed by atoms with Gasteiger partial charge in [0.25, 0.3) is 0 Å². The Hall–Kier alpha value is -0.790. The van der Waals surface area contributed by atoms with Gasteiger partial charge in [0, 0.05) is 5.57 Å². The Labute approximate surface area is 61.0 Å². The molecule has 0 atom stereocenters. The summed E-state index contributed by atoms with van der Waals surface area (Å²) >= 11 is 0. The summed E-state index contributed by atoms with van der Waals surface area (Å²) < 4.78 is 0. The Morgan fingerprint density at radius 2 is 2.00 bits per heavy atom. The smallest absolute Gasteiger partial charge is 0.0653 e. The zero-order valence-corrected chi connectivity index (χ0v) is 6.39. The van der Waals surface area contributed by atoms with Crippen LogP contribution >= 0.6 is 0 Å². The summed E-state index contributed by atoms with van der Waals surface area (Å²) in [6.07, 6.45) is 2.68. The predicted octanol–water partition coefficient (Wildman–Crippen LogP) is 1.66. The first kappa shape index (κ1) is 5.96. The second kappa shape index (κ2) is 1.84. The van der Waals surface area contributed by atoms with Crippen molar-refractivity contribution >= 4 is 5.71 Å². The zero-order valence-electron chi connectivity index (χ0n) is 6.39. The zero-order chi connectivity index (χ0) is 7.14. The van der Waals surface area contributed by atoms with Crippen molar-refractivity contribution in [2.75, 3.05) is 0 Å². The van der Waals surface area contributed by atoms with Crippen LogP contribution in [0.15, 0.2) is 16.4 Å². The molecule has 1 fully saturated rings. The highest BCUT2D eigenvalue weighted by Gasteiger charge is 2.31. The molecule has 1 saturated carbocycles. The molecule has 0 N–H and O–H groups in total. The lowest BCUT2D eigenvalue weighted by Gasteiger charge is -1.97. The molecule has 0 bridgehead atoms. The number of nitrogens with zero attached hydrogens (tertiary/aromatic N) is 2. The molecule has 2 nitrogen and oxygen atoms in total. The first-order valence-electron chi connectivity index (χ1n) is 3.75. The van der Waals surface area contributed by atoms with Gasteiger partial charge >= 0.3 is 0 Å². The van der Waals surface area contributed by atoms with Crippen LogP contribution in [0.25, 0.3) is 0 Å². The van der Waals surface area contributed by atoms with Crippen LogP contribution in [0.2, 0.25) is 0 Å². The van der Waals surface area contributed by atoms with Gasteiger partial charge in [-0.1, -0.05) is 0 Å². The van der Waals surface area contributed by atoms with Gasteiger partial charge in [-0.05, 0) is 32.6 Å². The van der Waals surface area contributed by atoms with Crippen molar-refractivity contribution in [3.05, 3.63) is 11.3 Å². The average molecular weight is 135 g/mol. The Kier molecular flexibility index (Phi) is 1.10. The van der Waals surface area contributed by atoms with E-state index < -0.39 is 0 Å². The molecule has 53 valence electrons. The summed E-state index contributed by atoms with van der Waals surface area (Å²) in [5.41, 5.74) is 7.72. The van der Waals surface area contributed by atoms with E-state index in [-0.39, 0.29) is 0 Å². The van der Waals surface area contributed by atoms with E-state index in [2.05, 4.69) is 10.5 Å². The summed E-state index contributed by atoms with van der Waals surface area (Å²) in [6, 6.07) is 0. The molecule has 1 radical (unpaired) electrons. The Bertz CT molecular complexity index is 221. The van der Waals surface area contributed by atoms with Crippen molar-refractivity contribution in [1.29, 1.82) is 0 Å². The van der Waals surface area contributed by atoms with Gasteiger partial charge in [0.1, 0.15) is 0 Å². The van der Waals surface area contributed by atoms with Gasteiger partial charge in [0.05, 0.1) is 11.4 Å². The van der Waals surface area contributed by atoms with E-state index in [9.17, 15) is 0 Å². The minimum absolute atomic E-state index is 0.801. The molecular weight excluding hydrogens is 124 g/mol. The number of rotatable bonds is 1. The van der Waals surface area contributed by atoms with E-state index in [1.807, 2.05) is 13.8 Å². The van der Waals surface area contributed by atoms with Crippen molar-refractivity contribution < 1.29 is 0 Å². The molecule has 2 aliphatic rings. The largest absolute Gasteiger partial charge is 0.155 e. The molecule has 0 aromatic heterocycles. The van der Waals surface area contributed by atoms with Crippen LogP contribution < -0.4 is 5.43 Å². The molecule has 2 heteroatoms. The molecule has 0 unspecified atom stereocenters. The van der Waals surface area contributed by atoms with Crippen molar-refractivity contribution in [1.82, 2.24) is 5.43 Å². The highest BCUT2D eigenvalue weighted by atomic mass is 15.3. The standard InChI is InChI=1S/C8H11N2/c1-5-8(7-3-4-7)6(2)10-9-5/h7H,3-4H2,1-2H3. The highest BCUT2D eigenvalue weighted by molar-refractivity contribution is 6.00. The molecule has 0 aromatic carbocycles. The third kappa shape index (κ3) is 0.753. The van der Waals surface area contributed by atoms with Crippen LogP contribution in [-0.2, 0) is 0 Å². The fourth-order valence-electron chi connectivity index (χ4n) is 1.48. The molecule has 10 heavy (non-hydrogen) atoms. The molecule has 0 spiro atoms. The predicted molar refractivity (Wildman–Crippen MR) is 40.7 cm³/mol. The number of allylic oxidation sites excluding steroid dienone is 2. The quantitative estimate of drug-likeness (QED) is 0.523. The van der Waals surface area contributed by atoms with Crippen molar-refractivity contribution in [3.63, 3.8) is 0 Å². The summed E-state index contributed by atoms with van der Waals surface area (Å²) in [5.74, 6) is 0.801. The summed E-state index contributed by atoms with van der Waals surface area (Å²) in [5, 5.41) is 4.03. The third-order valence-electron chi connectivity index (χ3n) is 2.12. The van der Waals surface area contributed by atoms with E-state index in [4.69, 9.17) is 0 Å². The second-order valence-electron chi connectivity index (χ2n) is 3.06. The monoisotopic (exact) mass is 135 g/mol. The van der Waals surface area contributed by atoms with E-state index in [1.54, 1.807) is 0 Å². The van der Waals surface area contributed by atoms with Gasteiger partial charge in [-0.3, -0.25) is 0 Å². The number of hydrogen-bond acceptors (Lipinski definition) is 1. The second-order valence-corrected chi connectivity index (χ2v) is 3.06. The fourth-order valence-corrected chi connectivity index (χ4v) is 1.48. The van der Waals surface area contributed by atoms with Crippen LogP contribution in [-0.4, -0.2) is 5.71 Å². The van der Waals surface area contributed by atoms with Crippen LogP contribution in [0.4, 0.5) is 0 Å². The maximum atomic E-state index is 4.03. The fraction of sp³-hybridized carbons (Fsp3) is 0.625. The van der Waals surface area contributed by atoms with Gasteiger partial charge in [-0.15, -0.1) is 0 Å². The molecule has 1 heterocycles. The minimum atomic E-state index is 0.801. The average Bonchev–Trinajstić information content (AvgIpc) is 2.64. The lowest BCUT2D eigenvalue weighted by atomic mass is 10.1. The van der Waals surface area contributed by atoms with Crippen LogP contribution in [0.5, 0.6) is 0 Å². The molecular formula is C8H11N2. The van der Waals surface area contributed by atoms with Gasteiger partial charge in [-0.2, -0.15) is 10.5 Å². The van der Waals surface area contributed by atoms with Crippen molar-refractivity contribution in [2.45, 2.75) is 26.7 Å². The molecule has 1 aliphatic carbocycles. The van der Waals surface area contributed by atoms with E-state index in [0.29, 0.717) is 0 Å². The molecule has 0 amide bonds. The van der Waals surface area contributed by atoms with Crippen LogP contribution in [0.3, 0.4) is 0 Å². The number of hydrogen-bond donors (Lipinski definition) is 0. The Morgan fingerprint density at radius 1 is 1.30 bits per heavy atom. The first-order chi connectivity index (χ1) is 4.79. The summed E-state index contributed by atoms with van der Waals surface area (Å²) in [4.78, 5) is 0. The van der Waals surface area contributed by atoms with Crippen LogP contribution in [0, 0.1) is 5.92 Å². The van der Waals surface area contributed by atoms with E-state index >= 15 is 0 Å². The molecule has 2 rings (SSSR count). The normalized spacial score (nSPS) is 24.8. The maximum absolute atomic E-state index is 4.03. The maximum Gasteiger partial charge on any atom is 0.0653 e. The first-order valence-corrected chi connectivity index (χ1v) is 3.75. The van der Waals surface area contributed by atoms with Crippen LogP contribution in [0.1, 0.15) is 26.7 Å². The van der Waals surface area contributed by atoms with E-state index in [0.717, 1.165) is 17.3 Å². The lowest BCUT2D eigenvalue weighted by Crippen LogP contribution is -1.96. The molecule has 0 saturated heterocycles. The molecule has 1 aliphatic heterocycles. The Morgan fingerprint density at radius 3 is 2.40 bits per heavy atom. The van der Waals surface area contributed by atoms with Gasteiger partial charge in [-0.25, -0.2) is 0 Å². The highest BCUT2D eigenvalue weighted by Crippen LogP contribution is 2.39. The van der Waals surface area contributed by atoms with Crippen molar-refractivity contribution in [3.8, 4) is 0 Å². The Balaban J connectivity index is 2.28. The van der Waals surface area contributed by atoms with Crippen molar-refractivity contribution in [2.24, 2.45) is 11.0 Å². The van der Waals surface area contributed by atoms with Gasteiger partial charge in [0.15, 0.2) is 0 Å². The SMILES string of the molecule is CC1=N[N]C(C)=C1C1CC1.